The smallest absolute Gasteiger partial charge is 0.411 e. The van der Waals surface area contributed by atoms with Gasteiger partial charge in [-0.15, -0.1) is 11.6 Å². The number of alkyl halides is 1. The molecule has 0 unspecified atom stereocenters. The van der Waals surface area contributed by atoms with E-state index in [0.717, 1.165) is 11.3 Å². The molecule has 4 nitrogen and oxygen atoms in total. The molecule has 0 aliphatic rings. The van der Waals surface area contributed by atoms with E-state index in [1.54, 1.807) is 6.07 Å². The predicted octanol–water partition coefficient (Wildman–Crippen LogP) is 2.80. The first-order valence-electron chi connectivity index (χ1n) is 5.36. The van der Waals surface area contributed by atoms with Crippen molar-refractivity contribution in [1.82, 2.24) is 0 Å². The van der Waals surface area contributed by atoms with E-state index in [1.165, 1.54) is 0 Å². The maximum atomic E-state index is 11.3. The monoisotopic (exact) mass is 257 g/mol. The van der Waals surface area contributed by atoms with Gasteiger partial charge in [0, 0.05) is 11.6 Å². The van der Waals surface area contributed by atoms with Crippen LogP contribution >= 0.6 is 11.6 Å². The van der Waals surface area contributed by atoms with Gasteiger partial charge in [0.15, 0.2) is 0 Å². The Bertz CT molecular complexity index is 357. The number of amides is 1. The van der Waals surface area contributed by atoms with Crippen LogP contribution in [0.5, 0.6) is 0 Å². The SMILES string of the molecule is Cc1cccc(NC(=O)OCCOCCCl)c1. The lowest BCUT2D eigenvalue weighted by atomic mass is 10.2. The van der Waals surface area contributed by atoms with E-state index < -0.39 is 6.09 Å². The van der Waals surface area contributed by atoms with E-state index in [4.69, 9.17) is 21.1 Å². The van der Waals surface area contributed by atoms with Gasteiger partial charge in [0.1, 0.15) is 6.61 Å². The molecule has 0 aromatic heterocycles. The summed E-state index contributed by atoms with van der Waals surface area (Å²) in [6, 6.07) is 7.49. The zero-order valence-electron chi connectivity index (χ0n) is 9.74. The number of anilines is 1. The van der Waals surface area contributed by atoms with Crippen LogP contribution in [0, 0.1) is 6.92 Å². The second-order valence-corrected chi connectivity index (χ2v) is 3.81. The Kier molecular flexibility index (Phi) is 6.43. The van der Waals surface area contributed by atoms with Gasteiger partial charge in [0.25, 0.3) is 0 Å². The summed E-state index contributed by atoms with van der Waals surface area (Å²) in [6.45, 7) is 2.99. The fraction of sp³-hybridized carbons (Fsp3) is 0.417. The van der Waals surface area contributed by atoms with Gasteiger partial charge in [0.2, 0.25) is 0 Å². The number of halogens is 1. The maximum absolute atomic E-state index is 11.3. The molecule has 5 heteroatoms. The van der Waals surface area contributed by atoms with Crippen molar-refractivity contribution < 1.29 is 14.3 Å². The molecule has 0 fully saturated rings. The van der Waals surface area contributed by atoms with Crippen LogP contribution in [-0.4, -0.2) is 31.8 Å². The van der Waals surface area contributed by atoms with Crippen LogP contribution in [-0.2, 0) is 9.47 Å². The zero-order valence-corrected chi connectivity index (χ0v) is 10.5. The highest BCUT2D eigenvalue weighted by Gasteiger charge is 2.02. The lowest BCUT2D eigenvalue weighted by Crippen LogP contribution is -2.17. The molecule has 1 aromatic rings. The molecule has 0 spiro atoms. The molecule has 0 heterocycles. The third kappa shape index (κ3) is 6.14. The molecule has 0 radical (unpaired) electrons. The number of ether oxygens (including phenoxy) is 2. The van der Waals surface area contributed by atoms with Gasteiger partial charge in [-0.2, -0.15) is 0 Å². The Labute approximate surface area is 106 Å². The van der Waals surface area contributed by atoms with Crippen LogP contribution < -0.4 is 5.32 Å². The number of rotatable bonds is 6. The Hall–Kier alpha value is -1.26. The van der Waals surface area contributed by atoms with Gasteiger partial charge in [-0.3, -0.25) is 5.32 Å². The summed E-state index contributed by atoms with van der Waals surface area (Å²) >= 11 is 5.42. The van der Waals surface area contributed by atoms with Gasteiger partial charge in [-0.05, 0) is 24.6 Å². The molecule has 0 atom stereocenters. The van der Waals surface area contributed by atoms with Crippen molar-refractivity contribution in [3.63, 3.8) is 0 Å². The second-order valence-electron chi connectivity index (χ2n) is 3.43. The molecule has 1 rings (SSSR count). The number of carbonyl (C=O) groups is 1. The van der Waals surface area contributed by atoms with Gasteiger partial charge < -0.3 is 9.47 Å². The molecule has 1 aromatic carbocycles. The summed E-state index contributed by atoms with van der Waals surface area (Å²) in [7, 11) is 0. The summed E-state index contributed by atoms with van der Waals surface area (Å²) in [6.07, 6.45) is -0.481. The number of benzene rings is 1. The minimum atomic E-state index is -0.481. The van der Waals surface area contributed by atoms with Crippen molar-refractivity contribution in [2.24, 2.45) is 0 Å². The lowest BCUT2D eigenvalue weighted by molar-refractivity contribution is 0.0859. The van der Waals surface area contributed by atoms with Crippen molar-refractivity contribution >= 4 is 23.4 Å². The topological polar surface area (TPSA) is 47.6 Å². The third-order valence-corrected chi connectivity index (χ3v) is 2.10. The van der Waals surface area contributed by atoms with Crippen molar-refractivity contribution in [2.75, 3.05) is 31.0 Å². The first-order valence-corrected chi connectivity index (χ1v) is 5.90. The molecule has 0 saturated heterocycles. The zero-order chi connectivity index (χ0) is 12.5. The summed E-state index contributed by atoms with van der Waals surface area (Å²) in [5.41, 5.74) is 1.80. The Morgan fingerprint density at radius 3 is 2.88 bits per heavy atom. The van der Waals surface area contributed by atoms with Crippen LogP contribution in [0.15, 0.2) is 24.3 Å². The Morgan fingerprint density at radius 1 is 1.35 bits per heavy atom. The summed E-state index contributed by atoms with van der Waals surface area (Å²) < 4.78 is 9.98. The number of aryl methyl sites for hydroxylation is 1. The van der Waals surface area contributed by atoms with Crippen LogP contribution in [0.25, 0.3) is 0 Å². The molecule has 17 heavy (non-hydrogen) atoms. The fourth-order valence-corrected chi connectivity index (χ4v) is 1.34. The minimum absolute atomic E-state index is 0.217. The Balaban J connectivity index is 2.21. The first kappa shape index (κ1) is 13.8. The van der Waals surface area contributed by atoms with Gasteiger partial charge in [-0.25, -0.2) is 4.79 Å². The molecule has 0 aliphatic carbocycles. The van der Waals surface area contributed by atoms with Crippen LogP contribution in [0.4, 0.5) is 10.5 Å². The molecule has 1 N–H and O–H groups in total. The van der Waals surface area contributed by atoms with E-state index in [9.17, 15) is 4.79 Å². The van der Waals surface area contributed by atoms with Crippen LogP contribution in [0.3, 0.4) is 0 Å². The Morgan fingerprint density at radius 2 is 2.18 bits per heavy atom. The molecule has 0 saturated carbocycles. The van der Waals surface area contributed by atoms with E-state index in [-0.39, 0.29) is 6.61 Å². The summed E-state index contributed by atoms with van der Waals surface area (Å²) in [5, 5.41) is 2.63. The number of hydrogen-bond acceptors (Lipinski definition) is 3. The van der Waals surface area contributed by atoms with Crippen LogP contribution in [0.2, 0.25) is 0 Å². The summed E-state index contributed by atoms with van der Waals surface area (Å²) in [5.74, 6) is 0.440. The largest absolute Gasteiger partial charge is 0.447 e. The maximum Gasteiger partial charge on any atom is 0.411 e. The first-order chi connectivity index (χ1) is 8.22. The van der Waals surface area contributed by atoms with E-state index in [2.05, 4.69) is 5.32 Å². The molecule has 0 bridgehead atoms. The highest BCUT2D eigenvalue weighted by atomic mass is 35.5. The van der Waals surface area contributed by atoms with Gasteiger partial charge in [-0.1, -0.05) is 12.1 Å². The van der Waals surface area contributed by atoms with Gasteiger partial charge >= 0.3 is 6.09 Å². The number of carbonyl (C=O) groups excluding carboxylic acids is 1. The van der Waals surface area contributed by atoms with Crippen molar-refractivity contribution in [1.29, 1.82) is 0 Å². The summed E-state index contributed by atoms with van der Waals surface area (Å²) in [4.78, 5) is 11.3. The van der Waals surface area contributed by atoms with Crippen molar-refractivity contribution in [2.45, 2.75) is 6.92 Å². The van der Waals surface area contributed by atoms with Crippen molar-refractivity contribution in [3.8, 4) is 0 Å². The molecule has 1 amide bonds. The fourth-order valence-electron chi connectivity index (χ4n) is 1.23. The molecular weight excluding hydrogens is 242 g/mol. The van der Waals surface area contributed by atoms with E-state index in [1.807, 2.05) is 25.1 Å². The van der Waals surface area contributed by atoms with Crippen molar-refractivity contribution in [3.05, 3.63) is 29.8 Å². The minimum Gasteiger partial charge on any atom is -0.447 e. The molecule has 94 valence electrons. The third-order valence-electron chi connectivity index (χ3n) is 1.95. The second kappa shape index (κ2) is 7.92. The molecular formula is C12H16ClNO3. The lowest BCUT2D eigenvalue weighted by Gasteiger charge is -2.07. The highest BCUT2D eigenvalue weighted by molar-refractivity contribution is 6.17. The average Bonchev–Trinajstić information content (AvgIpc) is 2.29. The van der Waals surface area contributed by atoms with Gasteiger partial charge in [0.05, 0.1) is 13.2 Å². The number of nitrogens with one attached hydrogen (secondary N) is 1. The number of hydrogen-bond donors (Lipinski definition) is 1. The normalized spacial score (nSPS) is 10.0. The standard InChI is InChI=1S/C12H16ClNO3/c1-10-3-2-4-11(9-10)14-12(15)17-8-7-16-6-5-13/h2-4,9H,5-8H2,1H3,(H,14,15). The molecule has 0 aliphatic heterocycles. The van der Waals surface area contributed by atoms with E-state index in [0.29, 0.717) is 19.1 Å². The average molecular weight is 258 g/mol. The van der Waals surface area contributed by atoms with Crippen LogP contribution in [0.1, 0.15) is 5.56 Å². The predicted molar refractivity (Wildman–Crippen MR) is 67.7 cm³/mol. The highest BCUT2D eigenvalue weighted by Crippen LogP contribution is 2.09. The quantitative estimate of drug-likeness (QED) is 0.630. The van der Waals surface area contributed by atoms with E-state index >= 15 is 0 Å².